The number of nitrogens with two attached hydrogens (primary N) is 1. The van der Waals surface area contributed by atoms with Gasteiger partial charge in [-0.3, -0.25) is 4.79 Å². The van der Waals surface area contributed by atoms with Crippen LogP contribution in [0.25, 0.3) is 0 Å². The number of hydrogen-bond acceptors (Lipinski definition) is 8. The van der Waals surface area contributed by atoms with E-state index in [2.05, 4.69) is 5.32 Å². The molecule has 3 N–H and O–H groups in total. The molecule has 1 atom stereocenters. The number of methoxy groups -OCH3 is 2. The highest BCUT2D eigenvalue weighted by molar-refractivity contribution is 7.91. The van der Waals surface area contributed by atoms with Gasteiger partial charge in [-0.05, 0) is 25.1 Å². The molecule has 11 heteroatoms. The van der Waals surface area contributed by atoms with E-state index in [1.165, 1.54) is 26.5 Å². The first kappa shape index (κ1) is 20.7. The van der Waals surface area contributed by atoms with E-state index in [0.717, 1.165) is 17.4 Å². The highest BCUT2D eigenvalue weighted by Crippen LogP contribution is 2.29. The predicted molar refractivity (Wildman–Crippen MR) is 98.7 cm³/mol. The maximum absolute atomic E-state index is 12.2. The van der Waals surface area contributed by atoms with Crippen LogP contribution in [0.4, 0.5) is 5.69 Å². The topological polar surface area (TPSA) is 134 Å². The van der Waals surface area contributed by atoms with Crippen molar-refractivity contribution in [3.63, 3.8) is 0 Å². The molecule has 0 aliphatic carbocycles. The van der Waals surface area contributed by atoms with Crippen molar-refractivity contribution in [2.75, 3.05) is 19.5 Å². The standard InChI is InChI=1S/C16H18N2O7S2/c1-9(25-16(20)10-6-14(26-8-10)27(17,21)22)15(19)18-11-4-5-12(23-2)13(7-11)24-3/h4-9H,1-3H3,(H,18,19)(H2,17,21,22). The molecule has 0 fully saturated rings. The summed E-state index contributed by atoms with van der Waals surface area (Å²) in [6.07, 6.45) is -1.12. The highest BCUT2D eigenvalue weighted by atomic mass is 32.2. The minimum absolute atomic E-state index is 0.00482. The average molecular weight is 414 g/mol. The normalized spacial score (nSPS) is 12.1. The number of primary sulfonamides is 1. The lowest BCUT2D eigenvalue weighted by molar-refractivity contribution is -0.123. The van der Waals surface area contributed by atoms with E-state index in [-0.39, 0.29) is 9.77 Å². The monoisotopic (exact) mass is 414 g/mol. The first-order chi connectivity index (χ1) is 12.7. The second-order valence-corrected chi connectivity index (χ2v) is 8.01. The fourth-order valence-electron chi connectivity index (χ4n) is 2.01. The fourth-order valence-corrected chi connectivity index (χ4v) is 3.59. The maximum atomic E-state index is 12.2. The SMILES string of the molecule is COc1ccc(NC(=O)C(C)OC(=O)c2csc(S(N)(=O)=O)c2)cc1OC. The summed E-state index contributed by atoms with van der Waals surface area (Å²) in [5.41, 5.74) is 0.419. The molecule has 9 nitrogen and oxygen atoms in total. The molecule has 27 heavy (non-hydrogen) atoms. The molecule has 0 spiro atoms. The van der Waals surface area contributed by atoms with E-state index in [9.17, 15) is 18.0 Å². The molecule has 2 aromatic rings. The summed E-state index contributed by atoms with van der Waals surface area (Å²) in [6, 6.07) is 5.88. The van der Waals surface area contributed by atoms with Crippen LogP contribution < -0.4 is 19.9 Å². The Hall–Kier alpha value is -2.63. The Labute approximate surface area is 160 Å². The van der Waals surface area contributed by atoms with Gasteiger partial charge in [0, 0.05) is 17.1 Å². The van der Waals surface area contributed by atoms with Crippen LogP contribution in [0.2, 0.25) is 0 Å². The smallest absolute Gasteiger partial charge is 0.339 e. The molecule has 0 saturated heterocycles. The summed E-state index contributed by atoms with van der Waals surface area (Å²) in [5, 5.41) is 8.88. The van der Waals surface area contributed by atoms with Gasteiger partial charge in [0.25, 0.3) is 5.91 Å². The van der Waals surface area contributed by atoms with E-state index in [0.29, 0.717) is 17.2 Å². The van der Waals surface area contributed by atoms with Gasteiger partial charge in [0.2, 0.25) is 10.0 Å². The lowest BCUT2D eigenvalue weighted by atomic mass is 10.2. The molecular weight excluding hydrogens is 396 g/mol. The summed E-state index contributed by atoms with van der Waals surface area (Å²) >= 11 is 0.790. The second-order valence-electron chi connectivity index (χ2n) is 5.31. The Bertz CT molecular complexity index is 953. The van der Waals surface area contributed by atoms with Crippen molar-refractivity contribution < 1.29 is 32.2 Å². The van der Waals surface area contributed by atoms with Gasteiger partial charge >= 0.3 is 5.97 Å². The maximum Gasteiger partial charge on any atom is 0.339 e. The number of rotatable bonds is 7. The molecule has 1 amide bonds. The lowest BCUT2D eigenvalue weighted by Gasteiger charge is -2.14. The van der Waals surface area contributed by atoms with Crippen LogP contribution in [0.15, 0.2) is 33.9 Å². The van der Waals surface area contributed by atoms with Crippen molar-refractivity contribution >= 4 is 38.9 Å². The van der Waals surface area contributed by atoms with Gasteiger partial charge in [-0.2, -0.15) is 0 Å². The molecule has 1 unspecified atom stereocenters. The number of esters is 1. The van der Waals surface area contributed by atoms with E-state index in [4.69, 9.17) is 19.3 Å². The van der Waals surface area contributed by atoms with Crippen molar-refractivity contribution in [2.24, 2.45) is 5.14 Å². The zero-order valence-electron chi connectivity index (χ0n) is 14.7. The molecule has 0 bridgehead atoms. The fraction of sp³-hybridized carbons (Fsp3) is 0.250. The van der Waals surface area contributed by atoms with Gasteiger partial charge in [0.1, 0.15) is 4.21 Å². The zero-order chi connectivity index (χ0) is 20.2. The predicted octanol–water partition coefficient (Wildman–Crippen LogP) is 1.60. The van der Waals surface area contributed by atoms with Crippen molar-refractivity contribution in [3.05, 3.63) is 35.2 Å². The molecule has 0 radical (unpaired) electrons. The van der Waals surface area contributed by atoms with E-state index in [1.807, 2.05) is 0 Å². The molecule has 0 aliphatic heterocycles. The van der Waals surface area contributed by atoms with Gasteiger partial charge in [-0.25, -0.2) is 18.4 Å². The van der Waals surface area contributed by atoms with Gasteiger partial charge in [-0.15, -0.1) is 11.3 Å². The third kappa shape index (κ3) is 5.18. The van der Waals surface area contributed by atoms with E-state index < -0.39 is 28.0 Å². The highest BCUT2D eigenvalue weighted by Gasteiger charge is 2.22. The number of benzene rings is 1. The number of hydrogen-bond donors (Lipinski definition) is 2. The molecule has 146 valence electrons. The van der Waals surface area contributed by atoms with Gasteiger partial charge in [0.15, 0.2) is 17.6 Å². The van der Waals surface area contributed by atoms with E-state index >= 15 is 0 Å². The molecule has 0 saturated carbocycles. The molecule has 0 aliphatic rings. The number of carbonyl (C=O) groups is 2. The summed E-state index contributed by atoms with van der Waals surface area (Å²) in [7, 11) is -0.952. The summed E-state index contributed by atoms with van der Waals surface area (Å²) in [6.45, 7) is 1.39. The van der Waals surface area contributed by atoms with Crippen LogP contribution in [-0.4, -0.2) is 40.6 Å². The van der Waals surface area contributed by atoms with Crippen LogP contribution in [-0.2, 0) is 19.6 Å². The molecule has 1 aromatic heterocycles. The Morgan fingerprint density at radius 2 is 1.81 bits per heavy atom. The van der Waals surface area contributed by atoms with Crippen molar-refractivity contribution in [2.45, 2.75) is 17.2 Å². The Morgan fingerprint density at radius 3 is 2.37 bits per heavy atom. The van der Waals surface area contributed by atoms with Crippen molar-refractivity contribution in [3.8, 4) is 11.5 Å². The number of thiophene rings is 1. The summed E-state index contributed by atoms with van der Waals surface area (Å²) in [4.78, 5) is 24.3. The lowest BCUT2D eigenvalue weighted by Crippen LogP contribution is -2.29. The van der Waals surface area contributed by atoms with Crippen LogP contribution >= 0.6 is 11.3 Å². The van der Waals surface area contributed by atoms with Gasteiger partial charge in [-0.1, -0.05) is 0 Å². The Morgan fingerprint density at radius 1 is 1.15 bits per heavy atom. The van der Waals surface area contributed by atoms with Crippen molar-refractivity contribution in [1.82, 2.24) is 0 Å². The summed E-state index contributed by atoms with van der Waals surface area (Å²) in [5.74, 6) is -0.486. The molecular formula is C16H18N2O7S2. The van der Waals surface area contributed by atoms with Crippen LogP contribution in [0.1, 0.15) is 17.3 Å². The molecule has 1 aromatic carbocycles. The number of ether oxygens (including phenoxy) is 3. The first-order valence-electron chi connectivity index (χ1n) is 7.51. The number of anilines is 1. The van der Waals surface area contributed by atoms with Crippen LogP contribution in [0, 0.1) is 0 Å². The van der Waals surface area contributed by atoms with Gasteiger partial charge in [0.05, 0.1) is 19.8 Å². The number of amides is 1. The van der Waals surface area contributed by atoms with Gasteiger partial charge < -0.3 is 19.5 Å². The summed E-state index contributed by atoms with van der Waals surface area (Å²) < 4.78 is 37.7. The number of carbonyl (C=O) groups excluding carboxylic acids is 2. The third-order valence-electron chi connectivity index (χ3n) is 3.40. The third-order valence-corrected chi connectivity index (χ3v) is 5.78. The minimum atomic E-state index is -3.90. The van der Waals surface area contributed by atoms with E-state index in [1.54, 1.807) is 18.2 Å². The molecule has 2 rings (SSSR count). The number of nitrogens with one attached hydrogen (secondary N) is 1. The minimum Gasteiger partial charge on any atom is -0.493 e. The second kappa shape index (κ2) is 8.37. The first-order valence-corrected chi connectivity index (χ1v) is 9.93. The zero-order valence-corrected chi connectivity index (χ0v) is 16.3. The number of sulfonamides is 1. The Kier molecular flexibility index (Phi) is 6.41. The Balaban J connectivity index is 2.03. The largest absolute Gasteiger partial charge is 0.493 e. The average Bonchev–Trinajstić information content (AvgIpc) is 3.12. The molecule has 1 heterocycles. The van der Waals surface area contributed by atoms with Crippen LogP contribution in [0.3, 0.4) is 0 Å². The van der Waals surface area contributed by atoms with Crippen LogP contribution in [0.5, 0.6) is 11.5 Å². The van der Waals surface area contributed by atoms with Crippen molar-refractivity contribution in [1.29, 1.82) is 0 Å². The quantitative estimate of drug-likeness (QED) is 0.657.